The molecule has 3 heteroatoms. The van der Waals surface area contributed by atoms with E-state index >= 15 is 0 Å². The molecule has 0 amide bonds. The molecule has 0 unspecified atom stereocenters. The van der Waals surface area contributed by atoms with Crippen molar-refractivity contribution in [2.45, 2.75) is 37.4 Å². The smallest absolute Gasteiger partial charge is 0.151 e. The van der Waals surface area contributed by atoms with Gasteiger partial charge in [-0.3, -0.25) is 3.97 Å². The van der Waals surface area contributed by atoms with E-state index in [1.807, 2.05) is 11.9 Å². The van der Waals surface area contributed by atoms with Gasteiger partial charge >= 0.3 is 0 Å². The van der Waals surface area contributed by atoms with Crippen molar-refractivity contribution in [2.24, 2.45) is 0 Å². The van der Waals surface area contributed by atoms with Crippen molar-refractivity contribution in [1.82, 2.24) is 8.96 Å². The number of hydrogen-bond donors (Lipinski definition) is 0. The Hall–Kier alpha value is -2.78. The topological polar surface area (TPSA) is 17.8 Å². The van der Waals surface area contributed by atoms with E-state index in [0.29, 0.717) is 5.25 Å². The highest BCUT2D eigenvalue weighted by Gasteiger charge is 2.24. The van der Waals surface area contributed by atoms with Gasteiger partial charge in [-0.1, -0.05) is 110 Å². The zero-order valence-corrected chi connectivity index (χ0v) is 17.9. The first-order chi connectivity index (χ1) is 14.9. The molecule has 5 rings (SSSR count). The molecule has 0 N–H and O–H groups in total. The van der Waals surface area contributed by atoms with Gasteiger partial charge in [0, 0.05) is 21.9 Å². The quantitative estimate of drug-likeness (QED) is 0.335. The van der Waals surface area contributed by atoms with Crippen molar-refractivity contribution < 1.29 is 0 Å². The average molecular weight is 411 g/mol. The molecule has 0 spiro atoms. The van der Waals surface area contributed by atoms with E-state index in [0.717, 1.165) is 17.1 Å². The third kappa shape index (κ3) is 3.95. The number of benzene rings is 3. The second-order valence-corrected chi connectivity index (χ2v) is 9.13. The monoisotopic (exact) mass is 410 g/mol. The summed E-state index contributed by atoms with van der Waals surface area (Å²) in [7, 11) is 0. The van der Waals surface area contributed by atoms with Gasteiger partial charge in [0.2, 0.25) is 0 Å². The van der Waals surface area contributed by atoms with E-state index in [9.17, 15) is 0 Å². The summed E-state index contributed by atoms with van der Waals surface area (Å²) in [5, 5.41) is 0.640. The maximum atomic E-state index is 5.23. The first-order valence-corrected chi connectivity index (χ1v) is 11.7. The SMILES string of the molecule is c1ccc(-c2nc(-c3ccccc3)n(SC3CCCCC3)c2-c2ccccc2)cc1. The molecule has 0 aliphatic heterocycles. The lowest BCUT2D eigenvalue weighted by molar-refractivity contribution is 0.515. The number of nitrogens with zero attached hydrogens (tertiary/aromatic N) is 2. The largest absolute Gasteiger partial charge is 0.265 e. The normalized spacial score (nSPS) is 14.7. The van der Waals surface area contributed by atoms with Crippen LogP contribution in [0.15, 0.2) is 91.0 Å². The summed E-state index contributed by atoms with van der Waals surface area (Å²) in [5.74, 6) is 1.05. The van der Waals surface area contributed by atoms with Crippen LogP contribution in [0, 0.1) is 0 Å². The molecule has 1 aromatic heterocycles. The predicted molar refractivity (Wildman–Crippen MR) is 128 cm³/mol. The van der Waals surface area contributed by atoms with Crippen LogP contribution < -0.4 is 0 Å². The van der Waals surface area contributed by atoms with Gasteiger partial charge in [0.1, 0.15) is 0 Å². The second-order valence-electron chi connectivity index (χ2n) is 7.89. The van der Waals surface area contributed by atoms with Crippen LogP contribution in [0.2, 0.25) is 0 Å². The van der Waals surface area contributed by atoms with E-state index in [4.69, 9.17) is 4.98 Å². The number of rotatable bonds is 5. The minimum Gasteiger partial charge on any atom is -0.265 e. The van der Waals surface area contributed by atoms with Crippen molar-refractivity contribution in [2.75, 3.05) is 0 Å². The summed E-state index contributed by atoms with van der Waals surface area (Å²) in [4.78, 5) is 5.23. The van der Waals surface area contributed by atoms with Crippen LogP contribution in [0.4, 0.5) is 0 Å². The number of hydrogen-bond acceptors (Lipinski definition) is 2. The standard InChI is InChI=1S/C27H26N2S/c1-5-13-21(14-6-1)25-26(22-15-7-2-8-16-22)29(30-24-19-11-4-12-20-24)27(28-25)23-17-9-3-10-18-23/h1-3,5-10,13-18,24H,4,11-12,19-20H2. The molecular weight excluding hydrogens is 384 g/mol. The highest BCUT2D eigenvalue weighted by molar-refractivity contribution is 7.98. The van der Waals surface area contributed by atoms with Crippen LogP contribution in [0.3, 0.4) is 0 Å². The predicted octanol–water partition coefficient (Wildman–Crippen LogP) is 7.71. The maximum absolute atomic E-state index is 5.23. The van der Waals surface area contributed by atoms with Gasteiger partial charge < -0.3 is 0 Å². The van der Waals surface area contributed by atoms with Crippen molar-refractivity contribution in [3.63, 3.8) is 0 Å². The Kier molecular flexibility index (Phi) is 5.71. The van der Waals surface area contributed by atoms with Gasteiger partial charge in [0.05, 0.1) is 11.4 Å². The Morgan fingerprint density at radius 1 is 0.633 bits per heavy atom. The fraction of sp³-hybridized carbons (Fsp3) is 0.222. The molecule has 150 valence electrons. The van der Waals surface area contributed by atoms with Gasteiger partial charge in [-0.2, -0.15) is 0 Å². The summed E-state index contributed by atoms with van der Waals surface area (Å²) in [6.07, 6.45) is 6.60. The van der Waals surface area contributed by atoms with Gasteiger partial charge in [0.25, 0.3) is 0 Å². The van der Waals surface area contributed by atoms with E-state index in [2.05, 4.69) is 95.0 Å². The van der Waals surface area contributed by atoms with Gasteiger partial charge in [-0.25, -0.2) is 4.98 Å². The molecule has 0 bridgehead atoms. The summed E-state index contributed by atoms with van der Waals surface area (Å²) < 4.78 is 2.42. The molecule has 1 saturated carbocycles. The fourth-order valence-electron chi connectivity index (χ4n) is 4.24. The molecule has 3 aromatic carbocycles. The van der Waals surface area contributed by atoms with E-state index in [-0.39, 0.29) is 0 Å². The molecule has 0 atom stereocenters. The van der Waals surface area contributed by atoms with E-state index < -0.39 is 0 Å². The summed E-state index contributed by atoms with van der Waals surface area (Å²) in [6.45, 7) is 0. The van der Waals surface area contributed by atoms with Crippen LogP contribution in [0.1, 0.15) is 32.1 Å². The van der Waals surface area contributed by atoms with Crippen LogP contribution in [-0.2, 0) is 0 Å². The minimum atomic E-state index is 0.640. The van der Waals surface area contributed by atoms with Gasteiger partial charge in [-0.05, 0) is 24.8 Å². The summed E-state index contributed by atoms with van der Waals surface area (Å²) in [5.41, 5.74) is 5.81. The first-order valence-electron chi connectivity index (χ1n) is 10.9. The number of imidazole rings is 1. The average Bonchev–Trinajstić information content (AvgIpc) is 3.20. The van der Waals surface area contributed by atoms with Crippen molar-refractivity contribution >= 4 is 11.9 Å². The Labute approximate surface area is 183 Å². The van der Waals surface area contributed by atoms with E-state index in [1.54, 1.807) is 0 Å². The zero-order chi connectivity index (χ0) is 20.2. The van der Waals surface area contributed by atoms with Crippen LogP contribution in [0.25, 0.3) is 33.9 Å². The Morgan fingerprint density at radius 2 is 1.17 bits per heavy atom. The molecular formula is C27H26N2S. The minimum absolute atomic E-state index is 0.640. The van der Waals surface area contributed by atoms with Gasteiger partial charge in [-0.15, -0.1) is 0 Å². The highest BCUT2D eigenvalue weighted by atomic mass is 32.2. The molecule has 0 saturated heterocycles. The molecule has 4 aromatic rings. The Morgan fingerprint density at radius 3 is 1.77 bits per heavy atom. The molecule has 30 heavy (non-hydrogen) atoms. The molecule has 0 radical (unpaired) electrons. The maximum Gasteiger partial charge on any atom is 0.151 e. The second kappa shape index (κ2) is 8.93. The Balaban J connectivity index is 1.73. The van der Waals surface area contributed by atoms with Crippen molar-refractivity contribution in [1.29, 1.82) is 0 Å². The van der Waals surface area contributed by atoms with Crippen LogP contribution in [0.5, 0.6) is 0 Å². The van der Waals surface area contributed by atoms with Crippen LogP contribution in [-0.4, -0.2) is 14.2 Å². The lowest BCUT2D eigenvalue weighted by Crippen LogP contribution is -2.11. The molecule has 1 aliphatic carbocycles. The zero-order valence-electron chi connectivity index (χ0n) is 17.1. The molecule has 1 aliphatic rings. The lowest BCUT2D eigenvalue weighted by Gasteiger charge is -2.23. The Bertz CT molecular complexity index is 1080. The third-order valence-corrected chi connectivity index (χ3v) is 7.11. The summed E-state index contributed by atoms with van der Waals surface area (Å²) >= 11 is 1.98. The molecule has 1 fully saturated rings. The third-order valence-electron chi connectivity index (χ3n) is 5.77. The van der Waals surface area contributed by atoms with E-state index in [1.165, 1.54) is 48.9 Å². The van der Waals surface area contributed by atoms with Crippen molar-refractivity contribution in [3.05, 3.63) is 91.0 Å². The summed E-state index contributed by atoms with van der Waals surface area (Å²) in [6, 6.07) is 31.9. The van der Waals surface area contributed by atoms with Crippen LogP contribution >= 0.6 is 11.9 Å². The number of aromatic nitrogens is 2. The molecule has 2 nitrogen and oxygen atoms in total. The highest BCUT2D eigenvalue weighted by Crippen LogP contribution is 2.41. The fourth-order valence-corrected chi connectivity index (χ4v) is 5.63. The van der Waals surface area contributed by atoms with Gasteiger partial charge in [0.15, 0.2) is 5.82 Å². The van der Waals surface area contributed by atoms with Crippen molar-refractivity contribution in [3.8, 4) is 33.9 Å². The first kappa shape index (κ1) is 19.2. The molecule has 1 heterocycles. The lowest BCUT2D eigenvalue weighted by atomic mass is 10.0.